The molecule has 2 aromatic rings. The van der Waals surface area contributed by atoms with Gasteiger partial charge in [0.05, 0.1) is 0 Å². The summed E-state index contributed by atoms with van der Waals surface area (Å²) in [6.45, 7) is 3.14. The van der Waals surface area contributed by atoms with Crippen molar-refractivity contribution >= 4 is 44.1 Å². The third kappa shape index (κ3) is 3.49. The number of halogens is 1. The van der Waals surface area contributed by atoms with Gasteiger partial charge >= 0.3 is 0 Å². The van der Waals surface area contributed by atoms with Gasteiger partial charge < -0.3 is 16.4 Å². The Hall–Kier alpha value is -1.60. The molecule has 0 aliphatic heterocycles. The summed E-state index contributed by atoms with van der Waals surface area (Å²) in [5.41, 5.74) is 6.77. The van der Waals surface area contributed by atoms with Crippen LogP contribution >= 0.6 is 27.3 Å². The summed E-state index contributed by atoms with van der Waals surface area (Å²) in [5, 5.41) is 6.56. The van der Waals surface area contributed by atoms with E-state index in [4.69, 9.17) is 5.73 Å². The highest BCUT2D eigenvalue weighted by Crippen LogP contribution is 2.25. The fourth-order valence-electron chi connectivity index (χ4n) is 1.62. The summed E-state index contributed by atoms with van der Waals surface area (Å²) < 4.78 is 0.964. The monoisotopic (exact) mass is 354 g/mol. The molecular formula is C13H15BrN4OS. The molecule has 0 saturated carbocycles. The Morgan fingerprint density at radius 2 is 2.20 bits per heavy atom. The van der Waals surface area contributed by atoms with Gasteiger partial charge in [-0.3, -0.25) is 4.79 Å². The fourth-order valence-corrected chi connectivity index (χ4v) is 2.91. The number of nitrogens with zero attached hydrogens (tertiary/aromatic N) is 1. The predicted molar refractivity (Wildman–Crippen MR) is 86.0 cm³/mol. The highest BCUT2D eigenvalue weighted by Gasteiger charge is 2.15. The van der Waals surface area contributed by atoms with E-state index < -0.39 is 0 Å². The van der Waals surface area contributed by atoms with E-state index in [9.17, 15) is 4.79 Å². The van der Waals surface area contributed by atoms with Gasteiger partial charge in [0.15, 0.2) is 5.13 Å². The van der Waals surface area contributed by atoms with Gasteiger partial charge in [0, 0.05) is 17.6 Å². The molecule has 0 spiro atoms. The Morgan fingerprint density at radius 1 is 1.45 bits per heavy atom. The number of benzene rings is 1. The number of rotatable bonds is 5. The van der Waals surface area contributed by atoms with Gasteiger partial charge in [0.25, 0.3) is 5.91 Å². The number of anilines is 2. The Balaban J connectivity index is 2.03. The Bertz CT molecular complexity index is 614. The molecule has 7 heteroatoms. The summed E-state index contributed by atoms with van der Waals surface area (Å²) in [4.78, 5) is 16.7. The van der Waals surface area contributed by atoms with Crippen LogP contribution in [0.5, 0.6) is 0 Å². The second kappa shape index (κ2) is 6.71. The number of carbonyl (C=O) groups is 1. The lowest BCUT2D eigenvalue weighted by Gasteiger charge is -2.05. The van der Waals surface area contributed by atoms with Crippen molar-refractivity contribution in [3.05, 3.63) is 39.2 Å². The topological polar surface area (TPSA) is 80.0 Å². The molecule has 0 aliphatic carbocycles. The number of nitrogen functional groups attached to an aromatic ring is 1. The number of hydrogen-bond donors (Lipinski definition) is 3. The van der Waals surface area contributed by atoms with Crippen LogP contribution in [-0.4, -0.2) is 17.4 Å². The molecule has 5 nitrogen and oxygen atoms in total. The number of amides is 1. The van der Waals surface area contributed by atoms with Crippen LogP contribution in [0, 0.1) is 0 Å². The summed E-state index contributed by atoms with van der Waals surface area (Å²) in [6.07, 6.45) is 0. The molecule has 1 amide bonds. The number of nitrogens with one attached hydrogen (secondary N) is 2. The molecule has 1 heterocycles. The molecule has 106 valence electrons. The molecule has 0 atom stereocenters. The van der Waals surface area contributed by atoms with E-state index in [1.54, 1.807) is 0 Å². The van der Waals surface area contributed by atoms with Crippen molar-refractivity contribution in [2.75, 3.05) is 17.6 Å². The van der Waals surface area contributed by atoms with Crippen LogP contribution in [0.4, 0.5) is 10.9 Å². The first kappa shape index (κ1) is 14.8. The van der Waals surface area contributed by atoms with Gasteiger partial charge in [0.2, 0.25) is 0 Å². The van der Waals surface area contributed by atoms with Gasteiger partial charge in [-0.2, -0.15) is 0 Å². The number of thiazole rings is 1. The van der Waals surface area contributed by atoms with Crippen molar-refractivity contribution in [2.24, 2.45) is 0 Å². The summed E-state index contributed by atoms with van der Waals surface area (Å²) in [7, 11) is 0. The summed E-state index contributed by atoms with van der Waals surface area (Å²) >= 11 is 4.71. The minimum absolute atomic E-state index is 0.208. The number of hydrogen-bond acceptors (Lipinski definition) is 5. The first-order valence-electron chi connectivity index (χ1n) is 6.13. The zero-order valence-electron chi connectivity index (χ0n) is 10.9. The first-order valence-corrected chi connectivity index (χ1v) is 7.74. The number of nitrogens with two attached hydrogens (primary N) is 1. The van der Waals surface area contributed by atoms with Crippen LogP contribution in [-0.2, 0) is 6.54 Å². The minimum atomic E-state index is -0.208. The van der Waals surface area contributed by atoms with E-state index in [2.05, 4.69) is 31.5 Å². The normalized spacial score (nSPS) is 10.3. The maximum Gasteiger partial charge on any atom is 0.265 e. The van der Waals surface area contributed by atoms with E-state index in [1.165, 1.54) is 11.3 Å². The largest absolute Gasteiger partial charge is 0.382 e. The molecule has 0 unspecified atom stereocenters. The van der Waals surface area contributed by atoms with Crippen molar-refractivity contribution < 1.29 is 4.79 Å². The van der Waals surface area contributed by atoms with Crippen LogP contribution in [0.15, 0.2) is 28.7 Å². The molecule has 0 aliphatic rings. The molecule has 4 N–H and O–H groups in total. The molecule has 2 rings (SSSR count). The molecule has 0 radical (unpaired) electrons. The van der Waals surface area contributed by atoms with Gasteiger partial charge in [-0.25, -0.2) is 4.98 Å². The fraction of sp³-hybridized carbons (Fsp3) is 0.231. The van der Waals surface area contributed by atoms with E-state index in [-0.39, 0.29) is 11.7 Å². The second-order valence-electron chi connectivity index (χ2n) is 4.04. The average molecular weight is 355 g/mol. The quantitative estimate of drug-likeness (QED) is 0.771. The first-order chi connectivity index (χ1) is 9.61. The Kier molecular flexibility index (Phi) is 4.97. The van der Waals surface area contributed by atoms with E-state index in [0.717, 1.165) is 16.6 Å². The van der Waals surface area contributed by atoms with E-state index in [0.29, 0.717) is 16.6 Å². The van der Waals surface area contributed by atoms with Crippen molar-refractivity contribution in [3.63, 3.8) is 0 Å². The van der Waals surface area contributed by atoms with Crippen LogP contribution < -0.4 is 16.4 Å². The molecule has 0 fully saturated rings. The van der Waals surface area contributed by atoms with Gasteiger partial charge in [-0.15, -0.1) is 0 Å². The lowest BCUT2D eigenvalue weighted by atomic mass is 10.2. The number of carbonyl (C=O) groups excluding carboxylic acids is 1. The van der Waals surface area contributed by atoms with Gasteiger partial charge in [-0.05, 0) is 18.6 Å². The zero-order chi connectivity index (χ0) is 14.5. The zero-order valence-corrected chi connectivity index (χ0v) is 13.3. The molecule has 0 bridgehead atoms. The number of aromatic nitrogens is 1. The highest BCUT2D eigenvalue weighted by molar-refractivity contribution is 9.10. The van der Waals surface area contributed by atoms with Crippen LogP contribution in [0.2, 0.25) is 0 Å². The van der Waals surface area contributed by atoms with Crippen LogP contribution in [0.1, 0.15) is 22.2 Å². The molecule has 1 aromatic carbocycles. The van der Waals surface area contributed by atoms with E-state index >= 15 is 0 Å². The van der Waals surface area contributed by atoms with Crippen LogP contribution in [0.3, 0.4) is 0 Å². The molecular weight excluding hydrogens is 340 g/mol. The lowest BCUT2D eigenvalue weighted by Crippen LogP contribution is -2.22. The Labute approximate surface area is 129 Å². The van der Waals surface area contributed by atoms with E-state index in [1.807, 2.05) is 31.2 Å². The highest BCUT2D eigenvalue weighted by atomic mass is 79.9. The smallest absolute Gasteiger partial charge is 0.265 e. The third-order valence-electron chi connectivity index (χ3n) is 2.58. The maximum atomic E-state index is 12.1. The third-order valence-corrected chi connectivity index (χ3v) is 4.39. The molecule has 0 saturated heterocycles. The van der Waals surface area contributed by atoms with Crippen molar-refractivity contribution in [1.82, 2.24) is 10.3 Å². The van der Waals surface area contributed by atoms with Gasteiger partial charge in [0.1, 0.15) is 10.7 Å². The predicted octanol–water partition coefficient (Wildman–Crippen LogP) is 2.85. The maximum absolute atomic E-state index is 12.1. The van der Waals surface area contributed by atoms with Crippen molar-refractivity contribution in [3.8, 4) is 0 Å². The van der Waals surface area contributed by atoms with Crippen molar-refractivity contribution in [2.45, 2.75) is 13.5 Å². The van der Waals surface area contributed by atoms with Crippen molar-refractivity contribution in [1.29, 1.82) is 0 Å². The summed E-state index contributed by atoms with van der Waals surface area (Å²) in [6, 6.07) is 7.74. The average Bonchev–Trinajstić information content (AvgIpc) is 2.79. The summed E-state index contributed by atoms with van der Waals surface area (Å²) in [5.74, 6) is 0.0514. The Morgan fingerprint density at radius 3 is 2.90 bits per heavy atom. The standard InChI is InChI=1S/C13H15BrN4OS/c1-2-16-13-18-11(15)10(20-13)12(19)17-7-8-5-3-4-6-9(8)14/h3-6H,2,7,15H2,1H3,(H,16,18)(H,17,19). The SMILES string of the molecule is CCNc1nc(N)c(C(=O)NCc2ccccc2Br)s1. The van der Waals surface area contributed by atoms with Crippen LogP contribution in [0.25, 0.3) is 0 Å². The minimum Gasteiger partial charge on any atom is -0.382 e. The molecule has 1 aromatic heterocycles. The molecule has 20 heavy (non-hydrogen) atoms. The van der Waals surface area contributed by atoms with Gasteiger partial charge in [-0.1, -0.05) is 45.5 Å². The lowest BCUT2D eigenvalue weighted by molar-refractivity contribution is 0.0955. The second-order valence-corrected chi connectivity index (χ2v) is 5.89.